The van der Waals surface area contributed by atoms with Crippen LogP contribution in [0.25, 0.3) is 22.4 Å². The summed E-state index contributed by atoms with van der Waals surface area (Å²) in [7, 11) is 4.24. The minimum atomic E-state index is -0.315. The van der Waals surface area contributed by atoms with Gasteiger partial charge in [-0.3, -0.25) is 4.79 Å². The van der Waals surface area contributed by atoms with Crippen LogP contribution in [-0.4, -0.2) is 72.0 Å². The number of nitrogens with one attached hydrogen (secondary N) is 1. The Kier molecular flexibility index (Phi) is 6.49. The third kappa shape index (κ3) is 4.64. The van der Waals surface area contributed by atoms with E-state index < -0.39 is 0 Å². The second kappa shape index (κ2) is 9.55. The van der Waals surface area contributed by atoms with Gasteiger partial charge in [-0.15, -0.1) is 0 Å². The Bertz CT molecular complexity index is 1180. The third-order valence-electron chi connectivity index (χ3n) is 7.37. The standard InChI is InChI=1S/C26H31ClFN5O/c1-31(2)19-9-13-33(14-10-19)26(34)17-7-11-32(12-8-17)20-4-5-22(27)21(16-20)25-29-23-6-3-18(28)15-24(23)30-25/h3-6,15-17,19H,7-14H2,1-2H3,(H,29,30). The molecule has 2 aliphatic rings. The fraction of sp³-hybridized carbons (Fsp3) is 0.462. The Morgan fingerprint density at radius 1 is 1.06 bits per heavy atom. The molecule has 8 heteroatoms. The van der Waals surface area contributed by atoms with Crippen molar-refractivity contribution < 1.29 is 9.18 Å². The number of imidazole rings is 1. The number of carbonyl (C=O) groups is 1. The number of nitrogens with zero attached hydrogens (tertiary/aromatic N) is 4. The Labute approximate surface area is 204 Å². The van der Waals surface area contributed by atoms with Crippen molar-refractivity contribution in [2.75, 3.05) is 45.2 Å². The number of aromatic amines is 1. The monoisotopic (exact) mass is 483 g/mol. The van der Waals surface area contributed by atoms with Gasteiger partial charge in [0.25, 0.3) is 0 Å². The Morgan fingerprint density at radius 2 is 1.79 bits per heavy atom. The van der Waals surface area contributed by atoms with E-state index in [0.29, 0.717) is 28.3 Å². The molecule has 1 N–H and O–H groups in total. The van der Waals surface area contributed by atoms with E-state index in [4.69, 9.17) is 11.6 Å². The predicted molar refractivity (Wildman–Crippen MR) is 135 cm³/mol. The number of carbonyl (C=O) groups excluding carboxylic acids is 1. The summed E-state index contributed by atoms with van der Waals surface area (Å²) in [6.07, 6.45) is 3.82. The number of halogens is 2. The summed E-state index contributed by atoms with van der Waals surface area (Å²) in [5.41, 5.74) is 3.19. The summed E-state index contributed by atoms with van der Waals surface area (Å²) in [6.45, 7) is 3.39. The van der Waals surface area contributed by atoms with Crippen LogP contribution in [-0.2, 0) is 4.79 Å². The van der Waals surface area contributed by atoms with Crippen LogP contribution in [0, 0.1) is 11.7 Å². The number of fused-ring (bicyclic) bond motifs is 1. The zero-order chi connectivity index (χ0) is 23.8. The lowest BCUT2D eigenvalue weighted by Crippen LogP contribution is -2.48. The van der Waals surface area contributed by atoms with E-state index in [1.165, 1.54) is 12.1 Å². The van der Waals surface area contributed by atoms with Gasteiger partial charge in [0.1, 0.15) is 11.6 Å². The molecule has 0 radical (unpaired) electrons. The molecular formula is C26H31ClFN5O. The quantitative estimate of drug-likeness (QED) is 0.579. The van der Waals surface area contributed by atoms with Crippen LogP contribution in [0.15, 0.2) is 36.4 Å². The number of amides is 1. The van der Waals surface area contributed by atoms with Gasteiger partial charge in [0.2, 0.25) is 5.91 Å². The summed E-state index contributed by atoms with van der Waals surface area (Å²) < 4.78 is 13.6. The first-order valence-electron chi connectivity index (χ1n) is 12.0. The molecule has 6 nitrogen and oxygen atoms in total. The SMILES string of the molecule is CN(C)C1CCN(C(=O)C2CCN(c3ccc(Cl)c(-c4nc5cc(F)ccc5[nH]4)c3)CC2)CC1. The van der Waals surface area contributed by atoms with Crippen molar-refractivity contribution in [1.29, 1.82) is 0 Å². The Hall–Kier alpha value is -2.64. The fourth-order valence-corrected chi connectivity index (χ4v) is 5.45. The molecular weight excluding hydrogens is 453 g/mol. The zero-order valence-electron chi connectivity index (χ0n) is 19.7. The van der Waals surface area contributed by atoms with Crippen molar-refractivity contribution in [1.82, 2.24) is 19.8 Å². The van der Waals surface area contributed by atoms with Crippen molar-refractivity contribution in [2.24, 2.45) is 5.92 Å². The molecule has 5 rings (SSSR count). The highest BCUT2D eigenvalue weighted by atomic mass is 35.5. The molecule has 1 amide bonds. The maximum Gasteiger partial charge on any atom is 0.225 e. The normalized spacial score (nSPS) is 18.3. The Balaban J connectivity index is 1.25. The topological polar surface area (TPSA) is 55.5 Å². The largest absolute Gasteiger partial charge is 0.371 e. The van der Waals surface area contributed by atoms with Crippen molar-refractivity contribution in [3.05, 3.63) is 47.2 Å². The van der Waals surface area contributed by atoms with Crippen LogP contribution in [0.5, 0.6) is 0 Å². The Morgan fingerprint density at radius 3 is 2.50 bits per heavy atom. The van der Waals surface area contributed by atoms with Crippen molar-refractivity contribution in [3.63, 3.8) is 0 Å². The van der Waals surface area contributed by atoms with Crippen LogP contribution in [0.2, 0.25) is 5.02 Å². The zero-order valence-corrected chi connectivity index (χ0v) is 20.5. The number of likely N-dealkylation sites (tertiary alicyclic amines) is 1. The highest BCUT2D eigenvalue weighted by Gasteiger charge is 2.31. The minimum absolute atomic E-state index is 0.101. The number of anilines is 1. The number of rotatable bonds is 4. The second-order valence-electron chi connectivity index (χ2n) is 9.69. The molecule has 180 valence electrons. The molecule has 3 heterocycles. The third-order valence-corrected chi connectivity index (χ3v) is 7.70. The van der Waals surface area contributed by atoms with Crippen molar-refractivity contribution >= 4 is 34.2 Å². The number of aromatic nitrogens is 2. The molecule has 0 unspecified atom stereocenters. The molecule has 2 saturated heterocycles. The molecule has 0 atom stereocenters. The van der Waals surface area contributed by atoms with Gasteiger partial charge >= 0.3 is 0 Å². The van der Waals surface area contributed by atoms with Gasteiger partial charge in [0.15, 0.2) is 0 Å². The molecule has 0 bridgehead atoms. The van der Waals surface area contributed by atoms with E-state index in [0.717, 1.165) is 68.6 Å². The molecule has 34 heavy (non-hydrogen) atoms. The first-order chi connectivity index (χ1) is 16.4. The molecule has 1 aromatic heterocycles. The van der Waals surface area contributed by atoms with Gasteiger partial charge in [0, 0.05) is 55.5 Å². The molecule has 2 aromatic carbocycles. The number of H-pyrrole nitrogens is 1. The van der Waals surface area contributed by atoms with Gasteiger partial charge in [-0.1, -0.05) is 11.6 Å². The second-order valence-corrected chi connectivity index (χ2v) is 10.1. The van der Waals surface area contributed by atoms with E-state index in [9.17, 15) is 9.18 Å². The fourth-order valence-electron chi connectivity index (χ4n) is 5.24. The summed E-state index contributed by atoms with van der Waals surface area (Å²) >= 11 is 6.50. The van der Waals surface area contributed by atoms with E-state index >= 15 is 0 Å². The van der Waals surface area contributed by atoms with Gasteiger partial charge in [-0.25, -0.2) is 9.37 Å². The van der Waals surface area contributed by atoms with E-state index in [1.54, 1.807) is 6.07 Å². The lowest BCUT2D eigenvalue weighted by Gasteiger charge is -2.39. The predicted octanol–water partition coefficient (Wildman–Crippen LogP) is 4.79. The van der Waals surface area contributed by atoms with Gasteiger partial charge in [0.05, 0.1) is 16.1 Å². The number of hydrogen-bond acceptors (Lipinski definition) is 4. The van der Waals surface area contributed by atoms with E-state index in [2.05, 4.69) is 38.8 Å². The van der Waals surface area contributed by atoms with Gasteiger partial charge in [-0.2, -0.15) is 0 Å². The van der Waals surface area contributed by atoms with Crippen LogP contribution >= 0.6 is 11.6 Å². The summed E-state index contributed by atoms with van der Waals surface area (Å²) in [6, 6.07) is 11.0. The van der Waals surface area contributed by atoms with Crippen LogP contribution in [0.1, 0.15) is 25.7 Å². The summed E-state index contributed by atoms with van der Waals surface area (Å²) in [5, 5.41) is 0.592. The maximum absolute atomic E-state index is 13.6. The molecule has 2 aliphatic heterocycles. The first-order valence-corrected chi connectivity index (χ1v) is 12.4. The maximum atomic E-state index is 13.6. The molecule has 0 aliphatic carbocycles. The number of benzene rings is 2. The van der Waals surface area contributed by atoms with Gasteiger partial charge in [-0.05, 0) is 70.1 Å². The smallest absolute Gasteiger partial charge is 0.225 e. The summed E-state index contributed by atoms with van der Waals surface area (Å²) in [4.78, 5) is 27.5. The summed E-state index contributed by atoms with van der Waals surface area (Å²) in [5.74, 6) is 0.732. The lowest BCUT2D eigenvalue weighted by atomic mass is 9.93. The highest BCUT2D eigenvalue weighted by molar-refractivity contribution is 6.33. The molecule has 0 saturated carbocycles. The van der Waals surface area contributed by atoms with Crippen LogP contribution in [0.3, 0.4) is 0 Å². The van der Waals surface area contributed by atoms with E-state index in [1.807, 2.05) is 18.2 Å². The van der Waals surface area contributed by atoms with Crippen LogP contribution in [0.4, 0.5) is 10.1 Å². The average Bonchev–Trinajstić information content (AvgIpc) is 3.27. The van der Waals surface area contributed by atoms with Crippen molar-refractivity contribution in [3.8, 4) is 11.4 Å². The van der Waals surface area contributed by atoms with Gasteiger partial charge < -0.3 is 19.7 Å². The van der Waals surface area contributed by atoms with E-state index in [-0.39, 0.29) is 11.7 Å². The lowest BCUT2D eigenvalue weighted by molar-refractivity contribution is -0.137. The van der Waals surface area contributed by atoms with Crippen molar-refractivity contribution in [2.45, 2.75) is 31.7 Å². The minimum Gasteiger partial charge on any atom is -0.371 e. The molecule has 0 spiro atoms. The van der Waals surface area contributed by atoms with Crippen LogP contribution < -0.4 is 4.90 Å². The molecule has 3 aromatic rings. The molecule has 2 fully saturated rings. The number of piperidine rings is 2. The average molecular weight is 484 g/mol. The first kappa shape index (κ1) is 23.1. The number of hydrogen-bond donors (Lipinski definition) is 1. The highest BCUT2D eigenvalue weighted by Crippen LogP contribution is 2.33.